The molecule has 0 aromatic carbocycles. The number of aliphatic hydroxyl groups excluding tert-OH is 1. The van der Waals surface area contributed by atoms with Gasteiger partial charge in [0, 0.05) is 13.7 Å². The Labute approximate surface area is 120 Å². The van der Waals surface area contributed by atoms with Gasteiger partial charge in [-0.25, -0.2) is 0 Å². The molecule has 0 radical (unpaired) electrons. The number of likely N-dealkylation sites (N-methyl/N-ethyl adjacent to an activating group) is 1. The lowest BCUT2D eigenvalue weighted by Gasteiger charge is -2.44. The second kappa shape index (κ2) is 6.11. The van der Waals surface area contributed by atoms with Crippen LogP contribution in [0, 0.1) is 0 Å². The zero-order chi connectivity index (χ0) is 14.8. The molecule has 0 bridgehead atoms. The van der Waals surface area contributed by atoms with Crippen molar-refractivity contribution in [2.75, 3.05) is 34.9 Å². The van der Waals surface area contributed by atoms with Crippen molar-refractivity contribution in [2.45, 2.75) is 37.5 Å². The van der Waals surface area contributed by atoms with Crippen molar-refractivity contribution in [3.8, 4) is 5.75 Å². The fraction of sp³-hybridized carbons (Fsp3) is 0.786. The molecule has 1 N–H and O–H groups in total. The highest BCUT2D eigenvalue weighted by atomic mass is 16.5. The minimum atomic E-state index is -0.708. The first kappa shape index (κ1) is 15.3. The number of ether oxygens (including phenoxy) is 2. The maximum Gasteiger partial charge on any atom is 0.162 e. The van der Waals surface area contributed by atoms with Crippen LogP contribution in [-0.2, 0) is 11.3 Å². The number of aliphatic hydroxyl groups is 1. The zero-order valence-electron chi connectivity index (χ0n) is 12.8. The molecular formula is C14H25N3O3. The summed E-state index contributed by atoms with van der Waals surface area (Å²) in [5.41, 5.74) is 0.235. The van der Waals surface area contributed by atoms with E-state index in [4.69, 9.17) is 9.47 Å². The molecule has 1 aromatic rings. The fourth-order valence-electron chi connectivity index (χ4n) is 2.65. The highest BCUT2D eigenvalue weighted by Crippen LogP contribution is 2.46. The third-order valence-corrected chi connectivity index (χ3v) is 4.19. The third kappa shape index (κ3) is 2.68. The molecule has 1 fully saturated rings. The van der Waals surface area contributed by atoms with Crippen molar-refractivity contribution < 1.29 is 14.6 Å². The summed E-state index contributed by atoms with van der Waals surface area (Å²) in [6.07, 6.45) is 3.77. The molecule has 6 nitrogen and oxygen atoms in total. The minimum Gasteiger partial charge on any atom is -0.493 e. The van der Waals surface area contributed by atoms with E-state index in [1.807, 2.05) is 18.8 Å². The summed E-state index contributed by atoms with van der Waals surface area (Å²) >= 11 is 0. The van der Waals surface area contributed by atoms with E-state index in [1.54, 1.807) is 20.4 Å². The zero-order valence-corrected chi connectivity index (χ0v) is 12.8. The highest BCUT2D eigenvalue weighted by molar-refractivity contribution is 5.30. The van der Waals surface area contributed by atoms with E-state index in [9.17, 15) is 5.11 Å². The Morgan fingerprint density at radius 3 is 2.60 bits per heavy atom. The normalized spacial score (nSPS) is 18.9. The Kier molecular flexibility index (Phi) is 4.67. The van der Waals surface area contributed by atoms with Gasteiger partial charge >= 0.3 is 0 Å². The second-order valence-corrected chi connectivity index (χ2v) is 5.65. The lowest BCUT2D eigenvalue weighted by Crippen LogP contribution is -2.46. The first-order chi connectivity index (χ1) is 9.54. The molecule has 1 unspecified atom stereocenters. The maximum atomic E-state index is 10.8. The van der Waals surface area contributed by atoms with Crippen molar-refractivity contribution in [2.24, 2.45) is 0 Å². The molecule has 20 heavy (non-hydrogen) atoms. The average molecular weight is 283 g/mol. The Balaban J connectivity index is 2.25. The number of nitrogens with zero attached hydrogens (tertiary/aromatic N) is 3. The second-order valence-electron chi connectivity index (χ2n) is 5.65. The van der Waals surface area contributed by atoms with Gasteiger partial charge in [-0.2, -0.15) is 5.10 Å². The molecule has 1 aromatic heterocycles. The Morgan fingerprint density at radius 1 is 1.45 bits per heavy atom. The third-order valence-electron chi connectivity index (χ3n) is 4.19. The molecule has 1 aliphatic carbocycles. The van der Waals surface area contributed by atoms with Crippen LogP contribution in [0.2, 0.25) is 0 Å². The SMILES string of the molecule is COc1cnn(CCN(C)C)c1C(O)C1(OC)CCC1. The number of hydrogen-bond donors (Lipinski definition) is 1. The van der Waals surface area contributed by atoms with Gasteiger partial charge in [0.25, 0.3) is 0 Å². The molecule has 2 rings (SSSR count). The molecule has 0 aliphatic heterocycles. The van der Waals surface area contributed by atoms with Gasteiger partial charge in [-0.1, -0.05) is 0 Å². The van der Waals surface area contributed by atoms with Crippen molar-refractivity contribution in [1.82, 2.24) is 14.7 Å². The molecule has 0 spiro atoms. The van der Waals surface area contributed by atoms with Crippen LogP contribution in [0.15, 0.2) is 6.20 Å². The Morgan fingerprint density at radius 2 is 2.15 bits per heavy atom. The number of aromatic nitrogens is 2. The van der Waals surface area contributed by atoms with Gasteiger partial charge < -0.3 is 19.5 Å². The number of hydrogen-bond acceptors (Lipinski definition) is 5. The predicted octanol–water partition coefficient (Wildman–Crippen LogP) is 1.06. The summed E-state index contributed by atoms with van der Waals surface area (Å²) < 4.78 is 12.8. The van der Waals surface area contributed by atoms with Crippen molar-refractivity contribution in [3.63, 3.8) is 0 Å². The van der Waals surface area contributed by atoms with Crippen LogP contribution in [0.25, 0.3) is 0 Å². The smallest absolute Gasteiger partial charge is 0.162 e. The summed E-state index contributed by atoms with van der Waals surface area (Å²) in [6, 6.07) is 0. The van der Waals surface area contributed by atoms with E-state index < -0.39 is 11.7 Å². The Hall–Kier alpha value is -1.11. The Bertz CT molecular complexity index is 435. The maximum absolute atomic E-state index is 10.8. The van der Waals surface area contributed by atoms with Gasteiger partial charge in [0.15, 0.2) is 5.75 Å². The van der Waals surface area contributed by atoms with Gasteiger partial charge in [-0.3, -0.25) is 4.68 Å². The molecule has 0 saturated heterocycles. The largest absolute Gasteiger partial charge is 0.493 e. The van der Waals surface area contributed by atoms with E-state index in [-0.39, 0.29) is 0 Å². The van der Waals surface area contributed by atoms with Crippen molar-refractivity contribution >= 4 is 0 Å². The van der Waals surface area contributed by atoms with Gasteiger partial charge in [-0.15, -0.1) is 0 Å². The molecule has 0 amide bonds. The lowest BCUT2D eigenvalue weighted by molar-refractivity contribution is -0.154. The van der Waals surface area contributed by atoms with Crippen LogP contribution in [-0.4, -0.2) is 60.2 Å². The van der Waals surface area contributed by atoms with Crippen LogP contribution in [0.1, 0.15) is 31.1 Å². The standard InChI is InChI=1S/C14H25N3O3/c1-16(2)8-9-17-12(11(19-3)10-15-17)13(18)14(20-4)6-5-7-14/h10,13,18H,5-9H2,1-4H3. The summed E-state index contributed by atoms with van der Waals surface area (Å²) in [6.45, 7) is 1.56. The van der Waals surface area contributed by atoms with Gasteiger partial charge in [0.2, 0.25) is 0 Å². The van der Waals surface area contributed by atoms with E-state index in [0.717, 1.165) is 31.5 Å². The van der Waals surface area contributed by atoms with Gasteiger partial charge in [0.1, 0.15) is 11.8 Å². The number of methoxy groups -OCH3 is 2. The van der Waals surface area contributed by atoms with Crippen molar-refractivity contribution in [3.05, 3.63) is 11.9 Å². The summed E-state index contributed by atoms with van der Waals surface area (Å²) in [5.74, 6) is 0.625. The molecule has 1 atom stereocenters. The average Bonchev–Trinajstić information content (AvgIpc) is 2.78. The van der Waals surface area contributed by atoms with E-state index >= 15 is 0 Å². The number of rotatable bonds is 7. The van der Waals surface area contributed by atoms with E-state index in [0.29, 0.717) is 12.3 Å². The first-order valence-corrected chi connectivity index (χ1v) is 7.01. The van der Waals surface area contributed by atoms with Crippen LogP contribution in [0.5, 0.6) is 5.75 Å². The molecule has 1 aliphatic rings. The quantitative estimate of drug-likeness (QED) is 0.810. The topological polar surface area (TPSA) is 59.8 Å². The van der Waals surface area contributed by atoms with Gasteiger partial charge in [-0.05, 0) is 33.4 Å². The van der Waals surface area contributed by atoms with Crippen molar-refractivity contribution in [1.29, 1.82) is 0 Å². The summed E-state index contributed by atoms with van der Waals surface area (Å²) in [5, 5.41) is 15.1. The first-order valence-electron chi connectivity index (χ1n) is 7.01. The van der Waals surface area contributed by atoms with Crippen LogP contribution >= 0.6 is 0 Å². The van der Waals surface area contributed by atoms with E-state index in [2.05, 4.69) is 10.00 Å². The summed E-state index contributed by atoms with van der Waals surface area (Å²) in [4.78, 5) is 2.08. The van der Waals surface area contributed by atoms with Crippen LogP contribution in [0.4, 0.5) is 0 Å². The van der Waals surface area contributed by atoms with Gasteiger partial charge in [0.05, 0.1) is 25.5 Å². The molecule has 1 saturated carbocycles. The molecule has 114 valence electrons. The summed E-state index contributed by atoms with van der Waals surface area (Å²) in [7, 11) is 7.29. The van der Waals surface area contributed by atoms with Crippen LogP contribution < -0.4 is 4.74 Å². The molecular weight excluding hydrogens is 258 g/mol. The minimum absolute atomic E-state index is 0.483. The predicted molar refractivity (Wildman–Crippen MR) is 75.9 cm³/mol. The van der Waals surface area contributed by atoms with E-state index in [1.165, 1.54) is 0 Å². The fourth-order valence-corrected chi connectivity index (χ4v) is 2.65. The molecule has 6 heteroatoms. The highest BCUT2D eigenvalue weighted by Gasteiger charge is 2.47. The monoisotopic (exact) mass is 283 g/mol. The lowest BCUT2D eigenvalue weighted by atomic mass is 9.74. The van der Waals surface area contributed by atoms with Crippen LogP contribution in [0.3, 0.4) is 0 Å². The molecule has 1 heterocycles.